The summed E-state index contributed by atoms with van der Waals surface area (Å²) in [4.78, 5) is 26.7. The number of nitrogens with zero attached hydrogens (tertiary/aromatic N) is 1. The Morgan fingerprint density at radius 2 is 1.76 bits per heavy atom. The fourth-order valence-corrected chi connectivity index (χ4v) is 5.53. The number of carbonyl (C=O) groups excluding carboxylic acids is 2. The van der Waals surface area contributed by atoms with Gasteiger partial charge in [0.1, 0.15) is 6.29 Å². The molecule has 2 aromatic rings. The lowest BCUT2D eigenvalue weighted by molar-refractivity contribution is -0.114. The monoisotopic (exact) mass is 448 g/mol. The average Bonchev–Trinajstić information content (AvgIpc) is 3.05. The molecule has 1 saturated carbocycles. The minimum Gasteiger partial charge on any atom is -0.392 e. The Morgan fingerprint density at radius 1 is 1.03 bits per heavy atom. The first-order chi connectivity index (χ1) is 16.1. The summed E-state index contributed by atoms with van der Waals surface area (Å²) in [7, 11) is 1.96. The summed E-state index contributed by atoms with van der Waals surface area (Å²) in [6, 6.07) is 16.7. The number of hydrogen-bond donors (Lipinski definition) is 2. The molecule has 0 radical (unpaired) electrons. The molecule has 3 unspecified atom stereocenters. The maximum atomic E-state index is 13.3. The maximum absolute atomic E-state index is 13.3. The Bertz CT molecular complexity index is 952. The van der Waals surface area contributed by atoms with Crippen LogP contribution >= 0.6 is 0 Å². The summed E-state index contributed by atoms with van der Waals surface area (Å²) in [6.07, 6.45) is 5.49. The van der Waals surface area contributed by atoms with Gasteiger partial charge in [-0.3, -0.25) is 4.79 Å². The molecule has 2 aliphatic rings. The number of hydrogen-bond acceptors (Lipinski definition) is 4. The van der Waals surface area contributed by atoms with Gasteiger partial charge in [0.25, 0.3) is 5.91 Å². The predicted octanol–water partition coefficient (Wildman–Crippen LogP) is 4.26. The normalized spacial score (nSPS) is 24.3. The van der Waals surface area contributed by atoms with Crippen LogP contribution in [0.5, 0.6) is 0 Å². The second-order valence-electron chi connectivity index (χ2n) is 9.70. The quantitative estimate of drug-likeness (QED) is 0.512. The van der Waals surface area contributed by atoms with E-state index >= 15 is 0 Å². The van der Waals surface area contributed by atoms with Crippen LogP contribution in [0.15, 0.2) is 48.5 Å². The highest BCUT2D eigenvalue weighted by atomic mass is 16.3. The van der Waals surface area contributed by atoms with Crippen molar-refractivity contribution in [1.82, 2.24) is 10.2 Å². The van der Waals surface area contributed by atoms with Crippen LogP contribution in [0, 0.1) is 5.92 Å². The van der Waals surface area contributed by atoms with Crippen LogP contribution in [-0.2, 0) is 11.3 Å². The SMILES string of the molecule is CNCc1cccc(C2CCN(C(=O)c3cccc(C4CCCC(O)C(C=O)C4)c3)CC2)c1. The molecule has 2 fully saturated rings. The number of likely N-dealkylation sites (tertiary alicyclic amines) is 1. The zero-order chi connectivity index (χ0) is 23.2. The lowest BCUT2D eigenvalue weighted by atomic mass is 9.86. The molecule has 176 valence electrons. The Balaban J connectivity index is 1.40. The molecule has 1 amide bonds. The summed E-state index contributed by atoms with van der Waals surface area (Å²) >= 11 is 0. The van der Waals surface area contributed by atoms with Gasteiger partial charge in [0.05, 0.1) is 6.10 Å². The van der Waals surface area contributed by atoms with Crippen molar-refractivity contribution >= 4 is 12.2 Å². The third-order valence-electron chi connectivity index (χ3n) is 7.47. The van der Waals surface area contributed by atoms with E-state index in [9.17, 15) is 14.7 Å². The van der Waals surface area contributed by atoms with E-state index in [0.29, 0.717) is 18.8 Å². The van der Waals surface area contributed by atoms with Gasteiger partial charge in [-0.15, -0.1) is 0 Å². The fourth-order valence-electron chi connectivity index (χ4n) is 5.53. The molecule has 1 heterocycles. The van der Waals surface area contributed by atoms with Crippen molar-refractivity contribution < 1.29 is 14.7 Å². The second-order valence-corrected chi connectivity index (χ2v) is 9.70. The van der Waals surface area contributed by atoms with Gasteiger partial charge in [-0.05, 0) is 79.8 Å². The van der Waals surface area contributed by atoms with E-state index in [-0.39, 0.29) is 17.7 Å². The van der Waals surface area contributed by atoms with Crippen LogP contribution in [0.1, 0.15) is 77.4 Å². The topological polar surface area (TPSA) is 69.6 Å². The number of amides is 1. The van der Waals surface area contributed by atoms with E-state index in [4.69, 9.17) is 0 Å². The average molecular weight is 449 g/mol. The number of carbonyl (C=O) groups is 2. The second kappa shape index (κ2) is 11.1. The molecule has 0 aromatic heterocycles. The van der Waals surface area contributed by atoms with Crippen LogP contribution in [-0.4, -0.2) is 48.4 Å². The standard InChI is InChI=1S/C28H36N2O3/c1-29-18-20-5-2-6-22(15-20)21-11-13-30(14-12-21)28(33)25-9-3-7-23(16-25)24-8-4-10-27(32)26(17-24)19-31/h2-3,5-7,9,15-16,19,21,24,26-27,29,32H,4,8,10-14,17-18H2,1H3. The molecule has 33 heavy (non-hydrogen) atoms. The number of aliphatic hydroxyl groups is 1. The molecular formula is C28H36N2O3. The summed E-state index contributed by atoms with van der Waals surface area (Å²) in [5.74, 6) is 0.484. The molecule has 2 aromatic carbocycles. The van der Waals surface area contributed by atoms with Crippen molar-refractivity contribution in [2.45, 2.75) is 63.0 Å². The molecule has 5 nitrogen and oxygen atoms in total. The van der Waals surface area contributed by atoms with Gasteiger partial charge < -0.3 is 20.1 Å². The number of rotatable bonds is 6. The summed E-state index contributed by atoms with van der Waals surface area (Å²) < 4.78 is 0. The molecule has 0 spiro atoms. The van der Waals surface area contributed by atoms with Crippen molar-refractivity contribution in [2.24, 2.45) is 5.92 Å². The molecule has 1 saturated heterocycles. The van der Waals surface area contributed by atoms with Crippen LogP contribution in [0.4, 0.5) is 0 Å². The first kappa shape index (κ1) is 23.7. The Kier molecular flexibility index (Phi) is 7.94. The molecule has 5 heteroatoms. The van der Waals surface area contributed by atoms with E-state index in [1.54, 1.807) is 0 Å². The highest BCUT2D eigenvalue weighted by Gasteiger charge is 2.29. The van der Waals surface area contributed by atoms with Gasteiger partial charge in [-0.25, -0.2) is 0 Å². The van der Waals surface area contributed by atoms with E-state index in [1.807, 2.05) is 30.1 Å². The van der Waals surface area contributed by atoms with Gasteiger partial charge in [-0.2, -0.15) is 0 Å². The first-order valence-electron chi connectivity index (χ1n) is 12.3. The van der Waals surface area contributed by atoms with Gasteiger partial charge >= 0.3 is 0 Å². The van der Waals surface area contributed by atoms with E-state index < -0.39 is 6.10 Å². The molecular weight excluding hydrogens is 412 g/mol. The zero-order valence-electron chi connectivity index (χ0n) is 19.6. The van der Waals surface area contributed by atoms with Crippen molar-refractivity contribution in [1.29, 1.82) is 0 Å². The molecule has 0 bridgehead atoms. The summed E-state index contributed by atoms with van der Waals surface area (Å²) in [5.41, 5.74) is 4.51. The largest absolute Gasteiger partial charge is 0.392 e. The van der Waals surface area contributed by atoms with Crippen LogP contribution in [0.3, 0.4) is 0 Å². The van der Waals surface area contributed by atoms with Crippen molar-refractivity contribution in [3.8, 4) is 0 Å². The number of piperidine rings is 1. The zero-order valence-corrected chi connectivity index (χ0v) is 19.6. The van der Waals surface area contributed by atoms with Gasteiger partial charge in [0.15, 0.2) is 0 Å². The van der Waals surface area contributed by atoms with E-state index in [2.05, 4.69) is 35.6 Å². The van der Waals surface area contributed by atoms with Crippen molar-refractivity contribution in [3.05, 3.63) is 70.8 Å². The Labute approximate surface area is 197 Å². The highest BCUT2D eigenvalue weighted by molar-refractivity contribution is 5.94. The summed E-state index contributed by atoms with van der Waals surface area (Å²) in [6.45, 7) is 2.41. The Morgan fingerprint density at radius 3 is 2.48 bits per heavy atom. The summed E-state index contributed by atoms with van der Waals surface area (Å²) in [5, 5.41) is 13.4. The van der Waals surface area contributed by atoms with E-state index in [1.165, 1.54) is 11.1 Å². The minimum atomic E-state index is -0.544. The molecule has 2 N–H and O–H groups in total. The van der Waals surface area contributed by atoms with Gasteiger partial charge in [-0.1, -0.05) is 42.8 Å². The highest BCUT2D eigenvalue weighted by Crippen LogP contribution is 2.35. The van der Waals surface area contributed by atoms with Crippen molar-refractivity contribution in [2.75, 3.05) is 20.1 Å². The number of aliphatic hydroxyl groups excluding tert-OH is 1. The van der Waals surface area contributed by atoms with Crippen LogP contribution in [0.25, 0.3) is 0 Å². The third-order valence-corrected chi connectivity index (χ3v) is 7.47. The lowest BCUT2D eigenvalue weighted by Crippen LogP contribution is -2.38. The first-order valence-corrected chi connectivity index (χ1v) is 12.3. The van der Waals surface area contributed by atoms with Crippen LogP contribution < -0.4 is 5.32 Å². The number of nitrogens with one attached hydrogen (secondary N) is 1. The molecule has 4 rings (SSSR count). The number of benzene rings is 2. The van der Waals surface area contributed by atoms with E-state index in [0.717, 1.165) is 62.7 Å². The molecule has 1 aliphatic carbocycles. The Hall–Kier alpha value is -2.50. The lowest BCUT2D eigenvalue weighted by Gasteiger charge is -2.32. The molecule has 3 atom stereocenters. The smallest absolute Gasteiger partial charge is 0.253 e. The fraction of sp³-hybridized carbons (Fsp3) is 0.500. The van der Waals surface area contributed by atoms with Crippen molar-refractivity contribution in [3.63, 3.8) is 0 Å². The third kappa shape index (κ3) is 5.71. The maximum Gasteiger partial charge on any atom is 0.253 e. The van der Waals surface area contributed by atoms with Crippen LogP contribution in [0.2, 0.25) is 0 Å². The molecule has 1 aliphatic heterocycles. The van der Waals surface area contributed by atoms with Gasteiger partial charge in [0, 0.05) is 31.1 Å². The number of aldehydes is 1. The van der Waals surface area contributed by atoms with Gasteiger partial charge in [0.2, 0.25) is 0 Å². The predicted molar refractivity (Wildman–Crippen MR) is 130 cm³/mol. The minimum absolute atomic E-state index is 0.0971.